The van der Waals surface area contributed by atoms with Gasteiger partial charge in [0, 0.05) is 13.3 Å². The number of halogens is 3. The summed E-state index contributed by atoms with van der Waals surface area (Å²) in [5.41, 5.74) is -0.504. The largest absolute Gasteiger partial charge is 0.482 e. The maximum absolute atomic E-state index is 12.9. The molecule has 174 valence electrons. The van der Waals surface area contributed by atoms with Crippen molar-refractivity contribution in [3.8, 4) is 11.4 Å². The van der Waals surface area contributed by atoms with Crippen LogP contribution in [0.2, 0.25) is 0 Å². The SMILES string of the molecule is COC(C)(O)c1ccc(NC(=O)c2cccn(-c3ccccc3OCC(F)(F)F)c2=O)cn1. The van der Waals surface area contributed by atoms with Gasteiger partial charge in [0.2, 0.25) is 5.79 Å². The highest BCUT2D eigenvalue weighted by atomic mass is 19.4. The van der Waals surface area contributed by atoms with E-state index >= 15 is 0 Å². The third-order valence-electron chi connectivity index (χ3n) is 4.60. The molecule has 0 bridgehead atoms. The first-order valence-electron chi connectivity index (χ1n) is 9.58. The zero-order valence-corrected chi connectivity index (χ0v) is 17.6. The Hall–Kier alpha value is -3.70. The first kappa shape index (κ1) is 24.0. The monoisotopic (exact) mass is 463 g/mol. The summed E-state index contributed by atoms with van der Waals surface area (Å²) in [7, 11) is 1.31. The molecule has 0 spiro atoms. The molecule has 1 amide bonds. The predicted molar refractivity (Wildman–Crippen MR) is 112 cm³/mol. The molecule has 11 heteroatoms. The van der Waals surface area contributed by atoms with Crippen LogP contribution in [0.4, 0.5) is 18.9 Å². The number of aromatic nitrogens is 2. The minimum Gasteiger partial charge on any atom is -0.482 e. The van der Waals surface area contributed by atoms with Gasteiger partial charge in [-0.05, 0) is 43.3 Å². The van der Waals surface area contributed by atoms with Gasteiger partial charge in [-0.3, -0.25) is 19.1 Å². The van der Waals surface area contributed by atoms with Crippen molar-refractivity contribution in [2.75, 3.05) is 19.0 Å². The summed E-state index contributed by atoms with van der Waals surface area (Å²) in [5.74, 6) is -2.53. The quantitative estimate of drug-likeness (QED) is 0.522. The van der Waals surface area contributed by atoms with E-state index in [0.717, 1.165) is 4.57 Å². The molecule has 2 N–H and O–H groups in total. The van der Waals surface area contributed by atoms with Crippen LogP contribution >= 0.6 is 0 Å². The molecule has 2 aromatic heterocycles. The van der Waals surface area contributed by atoms with Crippen molar-refractivity contribution < 1.29 is 32.5 Å². The lowest BCUT2D eigenvalue weighted by atomic mass is 10.2. The number of nitrogens with zero attached hydrogens (tertiary/aromatic N) is 2. The minimum absolute atomic E-state index is 0.0502. The number of nitrogens with one attached hydrogen (secondary N) is 1. The zero-order chi connectivity index (χ0) is 24.2. The highest BCUT2D eigenvalue weighted by molar-refractivity contribution is 6.03. The summed E-state index contributed by atoms with van der Waals surface area (Å²) in [6, 6.07) is 11.3. The van der Waals surface area contributed by atoms with Gasteiger partial charge in [-0.1, -0.05) is 12.1 Å². The third-order valence-corrected chi connectivity index (χ3v) is 4.60. The molecule has 0 aliphatic rings. The van der Waals surface area contributed by atoms with Crippen molar-refractivity contribution in [1.82, 2.24) is 9.55 Å². The van der Waals surface area contributed by atoms with Gasteiger partial charge >= 0.3 is 6.18 Å². The Morgan fingerprint density at radius 1 is 1.15 bits per heavy atom. The Morgan fingerprint density at radius 2 is 1.88 bits per heavy atom. The number of alkyl halides is 3. The van der Waals surface area contributed by atoms with Crippen molar-refractivity contribution in [2.24, 2.45) is 0 Å². The number of carbonyl (C=O) groups is 1. The molecule has 3 aromatic rings. The van der Waals surface area contributed by atoms with E-state index in [1.54, 1.807) is 0 Å². The van der Waals surface area contributed by atoms with Crippen molar-refractivity contribution >= 4 is 11.6 Å². The number of ether oxygens (including phenoxy) is 2. The molecule has 33 heavy (non-hydrogen) atoms. The van der Waals surface area contributed by atoms with Crippen LogP contribution in [0.15, 0.2) is 65.7 Å². The number of pyridine rings is 2. The maximum atomic E-state index is 12.9. The van der Waals surface area contributed by atoms with E-state index in [1.165, 1.54) is 75.0 Å². The van der Waals surface area contributed by atoms with Gasteiger partial charge in [-0.15, -0.1) is 0 Å². The van der Waals surface area contributed by atoms with E-state index in [-0.39, 0.29) is 28.4 Å². The van der Waals surface area contributed by atoms with Crippen LogP contribution < -0.4 is 15.6 Å². The second kappa shape index (κ2) is 9.43. The Morgan fingerprint density at radius 3 is 2.52 bits per heavy atom. The van der Waals surface area contributed by atoms with E-state index < -0.39 is 30.0 Å². The summed E-state index contributed by atoms with van der Waals surface area (Å²) in [4.78, 5) is 29.7. The number of rotatable bonds is 7. The number of anilines is 1. The Kier molecular flexibility index (Phi) is 6.84. The van der Waals surface area contributed by atoms with Crippen molar-refractivity contribution in [1.29, 1.82) is 0 Å². The molecule has 1 atom stereocenters. The number of methoxy groups -OCH3 is 1. The molecule has 2 heterocycles. The lowest BCUT2D eigenvalue weighted by Gasteiger charge is -2.20. The van der Waals surface area contributed by atoms with Gasteiger partial charge in [0.25, 0.3) is 11.5 Å². The number of amides is 1. The van der Waals surface area contributed by atoms with Crippen LogP contribution in [-0.2, 0) is 10.5 Å². The lowest BCUT2D eigenvalue weighted by molar-refractivity contribution is -0.181. The summed E-state index contributed by atoms with van der Waals surface area (Å²) in [6.45, 7) is -0.131. The molecule has 0 radical (unpaired) electrons. The van der Waals surface area contributed by atoms with Crippen LogP contribution in [0.5, 0.6) is 5.75 Å². The Balaban J connectivity index is 1.87. The summed E-state index contributed by atoms with van der Waals surface area (Å²) in [6.07, 6.45) is -1.96. The number of benzene rings is 1. The first-order valence-corrected chi connectivity index (χ1v) is 9.58. The van der Waals surface area contributed by atoms with E-state index in [2.05, 4.69) is 10.3 Å². The molecular weight excluding hydrogens is 443 g/mol. The van der Waals surface area contributed by atoms with Gasteiger partial charge in [0.05, 0.1) is 23.3 Å². The average Bonchev–Trinajstić information content (AvgIpc) is 2.78. The molecule has 3 rings (SSSR count). The van der Waals surface area contributed by atoms with Crippen LogP contribution in [0, 0.1) is 0 Å². The van der Waals surface area contributed by atoms with Crippen molar-refractivity contribution in [3.63, 3.8) is 0 Å². The van der Waals surface area contributed by atoms with Gasteiger partial charge < -0.3 is 19.9 Å². The molecule has 0 aliphatic carbocycles. The van der Waals surface area contributed by atoms with Crippen LogP contribution in [0.1, 0.15) is 23.0 Å². The van der Waals surface area contributed by atoms with Crippen molar-refractivity contribution in [2.45, 2.75) is 18.9 Å². The van der Waals surface area contributed by atoms with Crippen LogP contribution in [-0.4, -0.2) is 40.5 Å². The number of hydrogen-bond donors (Lipinski definition) is 2. The normalized spacial score (nSPS) is 13.3. The van der Waals surface area contributed by atoms with Crippen molar-refractivity contribution in [3.05, 3.63) is 82.5 Å². The number of para-hydroxylation sites is 2. The first-order chi connectivity index (χ1) is 15.5. The van der Waals surface area contributed by atoms with Gasteiger partial charge in [0.15, 0.2) is 6.61 Å². The molecule has 1 aromatic carbocycles. The fourth-order valence-corrected chi connectivity index (χ4v) is 2.84. The molecule has 8 nitrogen and oxygen atoms in total. The van der Waals surface area contributed by atoms with Crippen LogP contribution in [0.3, 0.4) is 0 Å². The smallest absolute Gasteiger partial charge is 0.422 e. The molecule has 0 saturated heterocycles. The summed E-state index contributed by atoms with van der Waals surface area (Å²) >= 11 is 0. The van der Waals surface area contributed by atoms with Crippen LogP contribution in [0.25, 0.3) is 5.69 Å². The van der Waals surface area contributed by atoms with Gasteiger partial charge in [-0.2, -0.15) is 13.2 Å². The van der Waals surface area contributed by atoms with E-state index in [4.69, 9.17) is 9.47 Å². The lowest BCUT2D eigenvalue weighted by Crippen LogP contribution is -2.28. The Labute approximate surface area is 186 Å². The minimum atomic E-state index is -4.56. The fourth-order valence-electron chi connectivity index (χ4n) is 2.84. The topological polar surface area (TPSA) is 103 Å². The fraction of sp³-hybridized carbons (Fsp3) is 0.227. The molecular formula is C22H20F3N3O5. The second-order valence-corrected chi connectivity index (χ2v) is 7.04. The zero-order valence-electron chi connectivity index (χ0n) is 17.6. The molecule has 0 saturated carbocycles. The van der Waals surface area contributed by atoms with Gasteiger partial charge in [0.1, 0.15) is 11.3 Å². The number of aliphatic hydroxyl groups is 1. The summed E-state index contributed by atoms with van der Waals surface area (Å²) in [5, 5.41) is 12.6. The highest BCUT2D eigenvalue weighted by Gasteiger charge is 2.29. The molecule has 0 fully saturated rings. The molecule has 1 unspecified atom stereocenters. The number of hydrogen-bond acceptors (Lipinski definition) is 6. The molecule has 0 aliphatic heterocycles. The van der Waals surface area contributed by atoms with Gasteiger partial charge in [-0.25, -0.2) is 0 Å². The average molecular weight is 463 g/mol. The highest BCUT2D eigenvalue weighted by Crippen LogP contribution is 2.25. The third kappa shape index (κ3) is 5.76. The standard InChI is InChI=1S/C22H20F3N3O5/c1-21(31,32-2)18-10-9-14(12-26-18)27-19(29)15-6-5-11-28(20(15)30)16-7-3-4-8-17(16)33-13-22(23,24)25/h3-12,31H,13H2,1-2H3,(H,27,29). The van der Waals surface area contributed by atoms with E-state index in [9.17, 15) is 27.9 Å². The number of carbonyl (C=O) groups excluding carboxylic acids is 1. The van der Waals surface area contributed by atoms with E-state index in [1.807, 2.05) is 0 Å². The van der Waals surface area contributed by atoms with E-state index in [0.29, 0.717) is 0 Å². The second-order valence-electron chi connectivity index (χ2n) is 7.04. The predicted octanol–water partition coefficient (Wildman–Crippen LogP) is 3.24. The maximum Gasteiger partial charge on any atom is 0.422 e. The Bertz CT molecular complexity index is 1190. The summed E-state index contributed by atoms with van der Waals surface area (Å²) < 4.78 is 48.5.